The smallest absolute Gasteiger partial charge is 0.317 e. The van der Waals surface area contributed by atoms with E-state index < -0.39 is 5.97 Å². The summed E-state index contributed by atoms with van der Waals surface area (Å²) in [4.78, 5) is 24.6. The van der Waals surface area contributed by atoms with Crippen molar-refractivity contribution in [3.8, 4) is 0 Å². The average molecular weight is 300 g/mol. The van der Waals surface area contributed by atoms with Gasteiger partial charge in [-0.1, -0.05) is 13.8 Å². The number of carboxylic acids is 1. The van der Waals surface area contributed by atoms with Crippen molar-refractivity contribution in [2.24, 2.45) is 11.8 Å². The Hall–Kier alpha value is -1.30. The van der Waals surface area contributed by atoms with Crippen molar-refractivity contribution in [2.45, 2.75) is 46.1 Å². The van der Waals surface area contributed by atoms with Crippen molar-refractivity contribution in [1.29, 1.82) is 0 Å². The number of carboxylic acid groups (broad SMARTS) is 1. The van der Waals surface area contributed by atoms with E-state index in [1.807, 2.05) is 6.92 Å². The molecule has 0 aliphatic carbocycles. The Kier molecular flexibility index (Phi) is 7.50. The van der Waals surface area contributed by atoms with Gasteiger partial charge in [0.15, 0.2) is 0 Å². The number of likely N-dealkylation sites (tertiary alicyclic amines) is 1. The second kappa shape index (κ2) is 8.87. The van der Waals surface area contributed by atoms with E-state index in [-0.39, 0.29) is 18.1 Å². The van der Waals surface area contributed by atoms with Crippen molar-refractivity contribution in [3.63, 3.8) is 0 Å². The molecule has 0 aromatic carbocycles. The number of hydrogen-bond donors (Lipinski definition) is 2. The van der Waals surface area contributed by atoms with Gasteiger partial charge in [-0.2, -0.15) is 0 Å². The summed E-state index contributed by atoms with van der Waals surface area (Å²) >= 11 is 0. The summed E-state index contributed by atoms with van der Waals surface area (Å²) in [6.07, 6.45) is 2.03. The minimum Gasteiger partial charge on any atom is -0.481 e. The fourth-order valence-electron chi connectivity index (χ4n) is 2.59. The summed E-state index contributed by atoms with van der Waals surface area (Å²) < 4.78 is 5.64. The predicted molar refractivity (Wildman–Crippen MR) is 80.2 cm³/mol. The number of rotatable bonds is 7. The molecule has 0 radical (unpaired) electrons. The number of carbonyl (C=O) groups is 2. The molecule has 2 amide bonds. The molecule has 1 aliphatic rings. The first kappa shape index (κ1) is 17.8. The standard InChI is InChI=1S/C15H28N2O4/c1-4-21-13(11(2)3)5-8-16-15(20)17-9-6-12(7-10-17)14(18)19/h11-13H,4-10H2,1-3H3,(H,16,20)(H,18,19). The Morgan fingerprint density at radius 1 is 1.33 bits per heavy atom. The van der Waals surface area contributed by atoms with Crippen LogP contribution in [0.3, 0.4) is 0 Å². The highest BCUT2D eigenvalue weighted by atomic mass is 16.5. The molecule has 0 aromatic heterocycles. The van der Waals surface area contributed by atoms with Gasteiger partial charge < -0.3 is 20.1 Å². The molecule has 1 fully saturated rings. The lowest BCUT2D eigenvalue weighted by Crippen LogP contribution is -2.46. The van der Waals surface area contributed by atoms with E-state index in [0.717, 1.165) is 6.42 Å². The van der Waals surface area contributed by atoms with Crippen molar-refractivity contribution < 1.29 is 19.4 Å². The zero-order valence-corrected chi connectivity index (χ0v) is 13.3. The minimum absolute atomic E-state index is 0.0992. The number of hydrogen-bond acceptors (Lipinski definition) is 3. The Morgan fingerprint density at radius 3 is 2.43 bits per heavy atom. The SMILES string of the molecule is CCOC(CCNC(=O)N1CCC(C(=O)O)CC1)C(C)C. The van der Waals surface area contributed by atoms with E-state index in [0.29, 0.717) is 45.0 Å². The Labute approximate surface area is 126 Å². The maximum absolute atomic E-state index is 12.0. The highest BCUT2D eigenvalue weighted by Crippen LogP contribution is 2.17. The summed E-state index contributed by atoms with van der Waals surface area (Å²) in [6, 6.07) is -0.0992. The van der Waals surface area contributed by atoms with Crippen LogP contribution in [0, 0.1) is 11.8 Å². The summed E-state index contributed by atoms with van der Waals surface area (Å²) in [5, 5.41) is 11.8. The summed E-state index contributed by atoms with van der Waals surface area (Å²) in [7, 11) is 0. The molecule has 1 heterocycles. The molecule has 0 aromatic rings. The third-order valence-electron chi connectivity index (χ3n) is 3.96. The highest BCUT2D eigenvalue weighted by molar-refractivity contribution is 5.75. The second-order valence-corrected chi connectivity index (χ2v) is 5.86. The molecule has 0 saturated carbocycles. The topological polar surface area (TPSA) is 78.9 Å². The number of urea groups is 1. The van der Waals surface area contributed by atoms with Gasteiger partial charge in [0.1, 0.15) is 0 Å². The van der Waals surface area contributed by atoms with E-state index in [9.17, 15) is 9.59 Å². The van der Waals surface area contributed by atoms with Crippen molar-refractivity contribution >= 4 is 12.0 Å². The van der Waals surface area contributed by atoms with Gasteiger partial charge in [0.2, 0.25) is 0 Å². The van der Waals surface area contributed by atoms with Crippen LogP contribution in [0.15, 0.2) is 0 Å². The maximum atomic E-state index is 12.0. The maximum Gasteiger partial charge on any atom is 0.317 e. The molecule has 0 spiro atoms. The molecule has 122 valence electrons. The monoisotopic (exact) mass is 300 g/mol. The molecular weight excluding hydrogens is 272 g/mol. The molecular formula is C15H28N2O4. The van der Waals surface area contributed by atoms with Crippen molar-refractivity contribution in [3.05, 3.63) is 0 Å². The fraction of sp³-hybridized carbons (Fsp3) is 0.867. The zero-order chi connectivity index (χ0) is 15.8. The number of amides is 2. The second-order valence-electron chi connectivity index (χ2n) is 5.86. The molecule has 1 rings (SSSR count). The number of nitrogens with zero attached hydrogens (tertiary/aromatic N) is 1. The van der Waals surface area contributed by atoms with Crippen LogP contribution in [-0.4, -0.2) is 54.4 Å². The molecule has 6 nitrogen and oxygen atoms in total. The Bertz CT molecular complexity index is 339. The predicted octanol–water partition coefficient (Wildman–Crippen LogP) is 1.94. The van der Waals surface area contributed by atoms with E-state index >= 15 is 0 Å². The quantitative estimate of drug-likeness (QED) is 0.753. The van der Waals surface area contributed by atoms with E-state index in [1.54, 1.807) is 4.90 Å². The van der Waals surface area contributed by atoms with Crippen LogP contribution in [-0.2, 0) is 9.53 Å². The lowest BCUT2D eigenvalue weighted by molar-refractivity contribution is -0.143. The molecule has 2 N–H and O–H groups in total. The number of ether oxygens (including phenoxy) is 1. The molecule has 0 bridgehead atoms. The van der Waals surface area contributed by atoms with Gasteiger partial charge in [-0.25, -0.2) is 4.79 Å². The van der Waals surface area contributed by atoms with Gasteiger partial charge in [0.25, 0.3) is 0 Å². The fourth-order valence-corrected chi connectivity index (χ4v) is 2.59. The molecule has 1 saturated heterocycles. The molecule has 1 unspecified atom stereocenters. The van der Waals surface area contributed by atoms with Gasteiger partial charge in [-0.05, 0) is 32.1 Å². The van der Waals surface area contributed by atoms with Crippen LogP contribution < -0.4 is 5.32 Å². The van der Waals surface area contributed by atoms with Crippen LogP contribution in [0.4, 0.5) is 4.79 Å². The zero-order valence-electron chi connectivity index (χ0n) is 13.3. The molecule has 6 heteroatoms. The third-order valence-corrected chi connectivity index (χ3v) is 3.96. The van der Waals surface area contributed by atoms with Gasteiger partial charge in [-0.3, -0.25) is 4.79 Å². The average Bonchev–Trinajstić information content (AvgIpc) is 2.46. The van der Waals surface area contributed by atoms with E-state index in [4.69, 9.17) is 9.84 Å². The van der Waals surface area contributed by atoms with Crippen LogP contribution >= 0.6 is 0 Å². The normalized spacial score (nSPS) is 17.8. The van der Waals surface area contributed by atoms with Crippen LogP contribution in [0.1, 0.15) is 40.0 Å². The van der Waals surface area contributed by atoms with Crippen LogP contribution in [0.5, 0.6) is 0 Å². The summed E-state index contributed by atoms with van der Waals surface area (Å²) in [5.74, 6) is -0.642. The number of piperidine rings is 1. The lowest BCUT2D eigenvalue weighted by atomic mass is 9.97. The number of aliphatic carboxylic acids is 1. The van der Waals surface area contributed by atoms with Crippen LogP contribution in [0.25, 0.3) is 0 Å². The lowest BCUT2D eigenvalue weighted by Gasteiger charge is -2.30. The largest absolute Gasteiger partial charge is 0.481 e. The first-order valence-corrected chi connectivity index (χ1v) is 7.82. The van der Waals surface area contributed by atoms with Gasteiger partial charge in [0.05, 0.1) is 12.0 Å². The van der Waals surface area contributed by atoms with E-state index in [1.165, 1.54) is 0 Å². The Balaban J connectivity index is 2.26. The Morgan fingerprint density at radius 2 is 1.95 bits per heavy atom. The minimum atomic E-state index is -0.758. The third kappa shape index (κ3) is 5.91. The summed E-state index contributed by atoms with van der Waals surface area (Å²) in [6.45, 7) is 8.49. The van der Waals surface area contributed by atoms with Gasteiger partial charge in [-0.15, -0.1) is 0 Å². The first-order valence-electron chi connectivity index (χ1n) is 7.82. The number of carbonyl (C=O) groups excluding carboxylic acids is 1. The molecule has 1 aliphatic heterocycles. The van der Waals surface area contributed by atoms with Gasteiger partial charge in [0, 0.05) is 26.2 Å². The number of nitrogens with one attached hydrogen (secondary N) is 1. The van der Waals surface area contributed by atoms with Crippen molar-refractivity contribution in [1.82, 2.24) is 10.2 Å². The summed E-state index contributed by atoms with van der Waals surface area (Å²) in [5.41, 5.74) is 0. The molecule has 21 heavy (non-hydrogen) atoms. The first-order chi connectivity index (χ1) is 9.95. The highest BCUT2D eigenvalue weighted by Gasteiger charge is 2.26. The van der Waals surface area contributed by atoms with Crippen molar-refractivity contribution in [2.75, 3.05) is 26.2 Å². The van der Waals surface area contributed by atoms with E-state index in [2.05, 4.69) is 19.2 Å². The van der Waals surface area contributed by atoms with Crippen LogP contribution in [0.2, 0.25) is 0 Å². The molecule has 1 atom stereocenters. The van der Waals surface area contributed by atoms with Gasteiger partial charge >= 0.3 is 12.0 Å².